The first-order chi connectivity index (χ1) is 12.6. The van der Waals surface area contributed by atoms with E-state index in [2.05, 4.69) is 5.10 Å². The first-order valence-electron chi connectivity index (χ1n) is 7.55. The van der Waals surface area contributed by atoms with Gasteiger partial charge in [-0.1, -0.05) is 17.7 Å². The molecule has 1 aromatic heterocycles. The van der Waals surface area contributed by atoms with E-state index in [1.165, 1.54) is 10.7 Å². The van der Waals surface area contributed by atoms with Gasteiger partial charge < -0.3 is 0 Å². The molecule has 142 valence electrons. The lowest BCUT2D eigenvalue weighted by Crippen LogP contribution is -2.14. The van der Waals surface area contributed by atoms with Crippen LogP contribution in [0.15, 0.2) is 47.4 Å². The first kappa shape index (κ1) is 19.4. The zero-order chi connectivity index (χ0) is 19.9. The predicted molar refractivity (Wildman–Crippen MR) is 95.0 cm³/mol. The summed E-state index contributed by atoms with van der Waals surface area (Å²) in [5.74, 6) is -1.09. The number of benzene rings is 2. The van der Waals surface area contributed by atoms with Crippen LogP contribution >= 0.6 is 11.6 Å². The highest BCUT2D eigenvalue weighted by Crippen LogP contribution is 2.31. The van der Waals surface area contributed by atoms with E-state index >= 15 is 0 Å². The van der Waals surface area contributed by atoms with Crippen molar-refractivity contribution in [1.29, 1.82) is 0 Å². The molecule has 0 aliphatic carbocycles. The van der Waals surface area contributed by atoms with Gasteiger partial charge in [0, 0.05) is 10.6 Å². The van der Waals surface area contributed by atoms with Gasteiger partial charge in [0.15, 0.2) is 0 Å². The number of rotatable bonds is 4. The van der Waals surface area contributed by atoms with Gasteiger partial charge in [0.25, 0.3) is 6.43 Å². The van der Waals surface area contributed by atoms with Crippen molar-refractivity contribution in [3.8, 4) is 16.9 Å². The standard InChI is InChI=1S/C17H13ClF3N3O2S/c1-9-6-11(3-4-12(9)18)24-15(8-14(23-24)17(20)21)10-2-5-16(13(19)7-10)27(22,25)26/h2-8,17H,1H3,(H2,22,25,26). The summed E-state index contributed by atoms with van der Waals surface area (Å²) < 4.78 is 64.5. The fourth-order valence-electron chi connectivity index (χ4n) is 2.56. The van der Waals surface area contributed by atoms with Crippen molar-refractivity contribution in [2.75, 3.05) is 0 Å². The summed E-state index contributed by atoms with van der Waals surface area (Å²) in [5.41, 5.74) is 0.951. The molecule has 0 aliphatic rings. The van der Waals surface area contributed by atoms with E-state index in [1.807, 2.05) is 0 Å². The molecule has 10 heteroatoms. The zero-order valence-corrected chi connectivity index (χ0v) is 15.4. The van der Waals surface area contributed by atoms with Gasteiger partial charge in [-0.05, 0) is 48.9 Å². The first-order valence-corrected chi connectivity index (χ1v) is 9.47. The van der Waals surface area contributed by atoms with Crippen LogP contribution in [0.3, 0.4) is 0 Å². The van der Waals surface area contributed by atoms with E-state index in [4.69, 9.17) is 16.7 Å². The number of nitrogens with two attached hydrogens (primary N) is 1. The number of hydrogen-bond donors (Lipinski definition) is 1. The average Bonchev–Trinajstić information content (AvgIpc) is 3.01. The van der Waals surface area contributed by atoms with Crippen molar-refractivity contribution >= 4 is 21.6 Å². The number of aromatic nitrogens is 2. The quantitative estimate of drug-likeness (QED) is 0.692. The van der Waals surface area contributed by atoms with Crippen LogP contribution in [0, 0.1) is 12.7 Å². The Balaban J connectivity index is 2.20. The van der Waals surface area contributed by atoms with Gasteiger partial charge in [0.1, 0.15) is 16.4 Å². The van der Waals surface area contributed by atoms with E-state index < -0.39 is 32.9 Å². The number of aryl methyl sites for hydroxylation is 1. The van der Waals surface area contributed by atoms with Crippen molar-refractivity contribution in [2.45, 2.75) is 18.2 Å². The molecule has 3 rings (SSSR count). The Kier molecular flexibility index (Phi) is 5.02. The van der Waals surface area contributed by atoms with Crippen LogP contribution in [-0.4, -0.2) is 18.2 Å². The van der Waals surface area contributed by atoms with E-state index in [9.17, 15) is 21.6 Å². The van der Waals surface area contributed by atoms with Crippen LogP contribution in [0.4, 0.5) is 13.2 Å². The lowest BCUT2D eigenvalue weighted by atomic mass is 10.1. The summed E-state index contributed by atoms with van der Waals surface area (Å²) in [6.07, 6.45) is -2.84. The fraction of sp³-hybridized carbons (Fsp3) is 0.118. The lowest BCUT2D eigenvalue weighted by Gasteiger charge is -2.10. The van der Waals surface area contributed by atoms with Gasteiger partial charge in [-0.3, -0.25) is 0 Å². The molecule has 2 aromatic carbocycles. The smallest absolute Gasteiger partial charge is 0.233 e. The number of primary sulfonamides is 1. The number of alkyl halides is 2. The Morgan fingerprint density at radius 2 is 1.85 bits per heavy atom. The second-order valence-corrected chi connectivity index (χ2v) is 7.73. The normalized spacial score (nSPS) is 12.0. The Bertz CT molecular complexity index is 1130. The molecule has 0 atom stereocenters. The van der Waals surface area contributed by atoms with Gasteiger partial charge >= 0.3 is 0 Å². The minimum Gasteiger partial charge on any atom is -0.233 e. The van der Waals surface area contributed by atoms with Crippen molar-refractivity contribution in [3.63, 3.8) is 0 Å². The zero-order valence-electron chi connectivity index (χ0n) is 13.8. The third kappa shape index (κ3) is 3.85. The predicted octanol–water partition coefficient (Wildman–Crippen LogP) is 4.23. The molecule has 1 heterocycles. The molecule has 5 nitrogen and oxygen atoms in total. The highest BCUT2D eigenvalue weighted by Gasteiger charge is 2.20. The van der Waals surface area contributed by atoms with Crippen molar-refractivity contribution in [2.24, 2.45) is 5.14 Å². The average molecular weight is 416 g/mol. The molecule has 0 aliphatic heterocycles. The van der Waals surface area contributed by atoms with Crippen LogP contribution in [0.2, 0.25) is 5.02 Å². The molecule has 0 spiro atoms. The summed E-state index contributed by atoms with van der Waals surface area (Å²) in [7, 11) is -4.25. The molecule has 0 radical (unpaired) electrons. The highest BCUT2D eigenvalue weighted by atomic mass is 35.5. The summed E-state index contributed by atoms with van der Waals surface area (Å²) in [6.45, 7) is 1.74. The highest BCUT2D eigenvalue weighted by molar-refractivity contribution is 7.89. The maximum absolute atomic E-state index is 14.2. The third-order valence-electron chi connectivity index (χ3n) is 3.87. The van der Waals surface area contributed by atoms with Crippen LogP contribution in [0.1, 0.15) is 17.7 Å². The van der Waals surface area contributed by atoms with Crippen LogP contribution in [0.5, 0.6) is 0 Å². The van der Waals surface area contributed by atoms with Crippen molar-refractivity contribution in [3.05, 3.63) is 64.6 Å². The van der Waals surface area contributed by atoms with E-state index in [0.29, 0.717) is 16.3 Å². The second-order valence-electron chi connectivity index (χ2n) is 5.79. The maximum Gasteiger partial charge on any atom is 0.282 e. The summed E-state index contributed by atoms with van der Waals surface area (Å²) in [4.78, 5) is -0.686. The second kappa shape index (κ2) is 6.99. The molecule has 3 aromatic rings. The van der Waals surface area contributed by atoms with Crippen molar-refractivity contribution < 1.29 is 21.6 Å². The van der Waals surface area contributed by atoms with E-state index in [0.717, 1.165) is 18.2 Å². The monoisotopic (exact) mass is 415 g/mol. The number of hydrogen-bond acceptors (Lipinski definition) is 3. The molecular weight excluding hydrogens is 403 g/mol. The summed E-state index contributed by atoms with van der Waals surface area (Å²) >= 11 is 5.99. The fourth-order valence-corrected chi connectivity index (χ4v) is 3.27. The summed E-state index contributed by atoms with van der Waals surface area (Å²) in [6, 6.07) is 9.08. The minimum absolute atomic E-state index is 0.159. The van der Waals surface area contributed by atoms with Gasteiger partial charge in [0.2, 0.25) is 10.0 Å². The molecule has 0 amide bonds. The topological polar surface area (TPSA) is 78.0 Å². The molecule has 27 heavy (non-hydrogen) atoms. The van der Waals surface area contributed by atoms with Crippen LogP contribution in [-0.2, 0) is 10.0 Å². The molecular formula is C17H13ClF3N3O2S. The molecule has 0 saturated carbocycles. The van der Waals surface area contributed by atoms with E-state index in [-0.39, 0.29) is 11.3 Å². The SMILES string of the molecule is Cc1cc(-n2nc(C(F)F)cc2-c2ccc(S(N)(=O)=O)c(F)c2)ccc1Cl. The molecule has 0 fully saturated rings. The van der Waals surface area contributed by atoms with Crippen LogP contribution < -0.4 is 5.14 Å². The minimum atomic E-state index is -4.25. The van der Waals surface area contributed by atoms with Gasteiger partial charge in [-0.15, -0.1) is 0 Å². The molecule has 0 saturated heterocycles. The number of halogens is 4. The third-order valence-corrected chi connectivity index (χ3v) is 5.24. The van der Waals surface area contributed by atoms with Gasteiger partial charge in [0.05, 0.1) is 11.4 Å². The van der Waals surface area contributed by atoms with Gasteiger partial charge in [-0.2, -0.15) is 5.10 Å². The summed E-state index contributed by atoms with van der Waals surface area (Å²) in [5, 5.41) is 9.32. The Hall–Kier alpha value is -2.36. The Morgan fingerprint density at radius 3 is 2.41 bits per heavy atom. The molecule has 2 N–H and O–H groups in total. The van der Waals surface area contributed by atoms with E-state index in [1.54, 1.807) is 25.1 Å². The van der Waals surface area contributed by atoms with Gasteiger partial charge in [-0.25, -0.2) is 31.4 Å². The molecule has 0 unspecified atom stereocenters. The lowest BCUT2D eigenvalue weighted by molar-refractivity contribution is 0.145. The van der Waals surface area contributed by atoms with Crippen molar-refractivity contribution in [1.82, 2.24) is 9.78 Å². The Morgan fingerprint density at radius 1 is 1.15 bits per heavy atom. The number of sulfonamides is 1. The number of nitrogens with zero attached hydrogens (tertiary/aromatic N) is 2. The largest absolute Gasteiger partial charge is 0.282 e. The van der Waals surface area contributed by atoms with Crippen LogP contribution in [0.25, 0.3) is 16.9 Å². The molecule has 0 bridgehead atoms. The Labute approximate surface area is 158 Å². The maximum atomic E-state index is 14.2.